The highest BCUT2D eigenvalue weighted by molar-refractivity contribution is 7.92. The summed E-state index contributed by atoms with van der Waals surface area (Å²) < 4.78 is 26.7. The summed E-state index contributed by atoms with van der Waals surface area (Å²) in [5.74, 6) is -0.267. The van der Waals surface area contributed by atoms with E-state index in [-0.39, 0.29) is 21.9 Å². The van der Waals surface area contributed by atoms with Gasteiger partial charge in [0.1, 0.15) is 0 Å². The lowest BCUT2D eigenvalue weighted by Gasteiger charge is -2.21. The SMILES string of the molecule is CCC[C@H](C)NC(=O)c1ccc(N(C)S(=O)(=O)c2ccc(C)cc2)cc1Cl. The molecule has 0 aliphatic carbocycles. The average molecular weight is 409 g/mol. The Bertz CT molecular complexity index is 911. The van der Waals surface area contributed by atoms with E-state index in [0.717, 1.165) is 22.7 Å². The van der Waals surface area contributed by atoms with Crippen LogP contribution in [0.15, 0.2) is 47.4 Å². The normalized spacial score (nSPS) is 12.5. The molecule has 0 saturated heterocycles. The van der Waals surface area contributed by atoms with Crippen molar-refractivity contribution in [2.45, 2.75) is 44.6 Å². The Morgan fingerprint density at radius 3 is 2.37 bits per heavy atom. The summed E-state index contributed by atoms with van der Waals surface area (Å²) in [4.78, 5) is 12.6. The smallest absolute Gasteiger partial charge is 0.264 e. The second-order valence-electron chi connectivity index (χ2n) is 6.61. The van der Waals surface area contributed by atoms with E-state index in [0.29, 0.717) is 11.3 Å². The molecule has 0 aliphatic rings. The highest BCUT2D eigenvalue weighted by Crippen LogP contribution is 2.27. The van der Waals surface area contributed by atoms with Crippen LogP contribution in [0.1, 0.15) is 42.6 Å². The van der Waals surface area contributed by atoms with Crippen molar-refractivity contribution in [3.05, 3.63) is 58.6 Å². The molecular formula is C20H25ClN2O3S. The number of carbonyl (C=O) groups excluding carboxylic acids is 1. The number of rotatable bonds is 7. The summed E-state index contributed by atoms with van der Waals surface area (Å²) in [7, 11) is -2.25. The van der Waals surface area contributed by atoms with Gasteiger partial charge < -0.3 is 5.32 Å². The zero-order valence-corrected chi connectivity index (χ0v) is 17.6. The van der Waals surface area contributed by atoms with Gasteiger partial charge in [-0.15, -0.1) is 0 Å². The van der Waals surface area contributed by atoms with Crippen LogP contribution in [0.5, 0.6) is 0 Å². The molecule has 0 bridgehead atoms. The first-order chi connectivity index (χ1) is 12.7. The van der Waals surface area contributed by atoms with Gasteiger partial charge in [-0.3, -0.25) is 9.10 Å². The number of halogens is 1. The Morgan fingerprint density at radius 1 is 1.19 bits per heavy atom. The van der Waals surface area contributed by atoms with E-state index in [2.05, 4.69) is 12.2 Å². The number of hydrogen-bond donors (Lipinski definition) is 1. The predicted octanol–water partition coefficient (Wildman–Crippen LogP) is 4.39. The van der Waals surface area contributed by atoms with Crippen LogP contribution in [0.25, 0.3) is 0 Å². The lowest BCUT2D eigenvalue weighted by Crippen LogP contribution is -2.32. The van der Waals surface area contributed by atoms with Gasteiger partial charge in [0.2, 0.25) is 0 Å². The largest absolute Gasteiger partial charge is 0.350 e. The summed E-state index contributed by atoms with van der Waals surface area (Å²) >= 11 is 6.26. The van der Waals surface area contributed by atoms with Gasteiger partial charge in [-0.2, -0.15) is 0 Å². The van der Waals surface area contributed by atoms with Crippen molar-refractivity contribution in [2.75, 3.05) is 11.4 Å². The molecule has 0 spiro atoms. The van der Waals surface area contributed by atoms with Crippen LogP contribution in [0.2, 0.25) is 5.02 Å². The lowest BCUT2D eigenvalue weighted by atomic mass is 10.1. The van der Waals surface area contributed by atoms with Gasteiger partial charge in [0.15, 0.2) is 0 Å². The molecule has 1 atom stereocenters. The minimum absolute atomic E-state index is 0.0443. The molecule has 2 aromatic rings. The molecule has 1 amide bonds. The Labute approximate surface area is 166 Å². The van der Waals surface area contributed by atoms with Crippen LogP contribution < -0.4 is 9.62 Å². The van der Waals surface area contributed by atoms with Gasteiger partial charge in [-0.25, -0.2) is 8.42 Å². The van der Waals surface area contributed by atoms with Crippen molar-refractivity contribution >= 4 is 33.2 Å². The third-order valence-electron chi connectivity index (χ3n) is 4.34. The third-order valence-corrected chi connectivity index (χ3v) is 6.45. The number of benzene rings is 2. The molecular weight excluding hydrogens is 384 g/mol. The average Bonchev–Trinajstić information content (AvgIpc) is 2.61. The highest BCUT2D eigenvalue weighted by atomic mass is 35.5. The van der Waals surface area contributed by atoms with E-state index in [1.54, 1.807) is 36.4 Å². The summed E-state index contributed by atoms with van der Waals surface area (Å²) in [6.45, 7) is 5.88. The van der Waals surface area contributed by atoms with Crippen molar-refractivity contribution < 1.29 is 13.2 Å². The van der Waals surface area contributed by atoms with Crippen LogP contribution in [-0.4, -0.2) is 27.4 Å². The first-order valence-electron chi connectivity index (χ1n) is 8.82. The first kappa shape index (κ1) is 21.3. The van der Waals surface area contributed by atoms with Gasteiger partial charge in [0.25, 0.3) is 15.9 Å². The van der Waals surface area contributed by atoms with Gasteiger partial charge in [0, 0.05) is 13.1 Å². The third kappa shape index (κ3) is 5.02. The fraction of sp³-hybridized carbons (Fsp3) is 0.350. The molecule has 0 unspecified atom stereocenters. The van der Waals surface area contributed by atoms with Gasteiger partial charge in [-0.1, -0.05) is 42.6 Å². The van der Waals surface area contributed by atoms with Crippen LogP contribution in [-0.2, 0) is 10.0 Å². The monoisotopic (exact) mass is 408 g/mol. The summed E-state index contributed by atoms with van der Waals surface area (Å²) in [5, 5.41) is 3.10. The molecule has 146 valence electrons. The van der Waals surface area contributed by atoms with Gasteiger partial charge >= 0.3 is 0 Å². The minimum Gasteiger partial charge on any atom is -0.350 e. The summed E-state index contributed by atoms with van der Waals surface area (Å²) in [6, 6.07) is 11.3. The second kappa shape index (κ2) is 8.76. The van der Waals surface area contributed by atoms with Crippen molar-refractivity contribution in [2.24, 2.45) is 0 Å². The number of carbonyl (C=O) groups is 1. The maximum atomic E-state index is 12.8. The molecule has 0 radical (unpaired) electrons. The highest BCUT2D eigenvalue weighted by Gasteiger charge is 2.22. The van der Waals surface area contributed by atoms with Crippen LogP contribution >= 0.6 is 11.6 Å². The maximum Gasteiger partial charge on any atom is 0.264 e. The number of anilines is 1. The minimum atomic E-state index is -3.71. The van der Waals surface area contributed by atoms with Crippen LogP contribution in [0.4, 0.5) is 5.69 Å². The molecule has 0 heterocycles. The zero-order valence-electron chi connectivity index (χ0n) is 16.0. The molecule has 0 saturated carbocycles. The zero-order chi connectivity index (χ0) is 20.2. The van der Waals surface area contributed by atoms with Crippen LogP contribution in [0.3, 0.4) is 0 Å². The molecule has 5 nitrogen and oxygen atoms in total. The standard InChI is InChI=1S/C20H25ClN2O3S/c1-5-6-15(3)22-20(24)18-12-9-16(13-19(18)21)23(4)27(25,26)17-10-7-14(2)8-11-17/h7-13,15H,5-6H2,1-4H3,(H,22,24)/t15-/m0/s1. The van der Waals surface area contributed by atoms with E-state index in [1.165, 1.54) is 13.1 Å². The molecule has 0 aliphatic heterocycles. The molecule has 2 rings (SSSR count). The van der Waals surface area contributed by atoms with Crippen LogP contribution in [0, 0.1) is 6.92 Å². The number of nitrogens with one attached hydrogen (secondary N) is 1. The maximum absolute atomic E-state index is 12.8. The number of nitrogens with zero attached hydrogens (tertiary/aromatic N) is 1. The van der Waals surface area contributed by atoms with Crippen molar-refractivity contribution in [1.82, 2.24) is 5.32 Å². The van der Waals surface area contributed by atoms with Crippen molar-refractivity contribution in [1.29, 1.82) is 0 Å². The van der Waals surface area contributed by atoms with E-state index in [1.807, 2.05) is 13.8 Å². The molecule has 27 heavy (non-hydrogen) atoms. The summed E-state index contributed by atoms with van der Waals surface area (Å²) in [5.41, 5.74) is 1.69. The number of hydrogen-bond acceptors (Lipinski definition) is 3. The fourth-order valence-corrected chi connectivity index (χ4v) is 4.15. The van der Waals surface area contributed by atoms with E-state index in [9.17, 15) is 13.2 Å². The molecule has 0 aromatic heterocycles. The fourth-order valence-electron chi connectivity index (χ4n) is 2.70. The topological polar surface area (TPSA) is 66.5 Å². The lowest BCUT2D eigenvalue weighted by molar-refractivity contribution is 0.0938. The van der Waals surface area contributed by atoms with E-state index in [4.69, 9.17) is 11.6 Å². The van der Waals surface area contributed by atoms with Crippen molar-refractivity contribution in [3.8, 4) is 0 Å². The molecule has 2 aromatic carbocycles. The second-order valence-corrected chi connectivity index (χ2v) is 8.99. The molecule has 7 heteroatoms. The van der Waals surface area contributed by atoms with Gasteiger partial charge in [0.05, 0.1) is 21.2 Å². The Morgan fingerprint density at radius 2 is 1.81 bits per heavy atom. The number of sulfonamides is 1. The Balaban J connectivity index is 2.25. The molecule has 0 fully saturated rings. The Hall–Kier alpha value is -2.05. The number of amides is 1. The van der Waals surface area contributed by atoms with Crippen molar-refractivity contribution in [3.63, 3.8) is 0 Å². The summed E-state index contributed by atoms with van der Waals surface area (Å²) in [6.07, 6.45) is 1.84. The van der Waals surface area contributed by atoms with E-state index >= 15 is 0 Å². The first-order valence-corrected chi connectivity index (χ1v) is 10.6. The molecule has 1 N–H and O–H groups in total. The number of aryl methyl sites for hydroxylation is 1. The van der Waals surface area contributed by atoms with E-state index < -0.39 is 10.0 Å². The van der Waals surface area contributed by atoms with Gasteiger partial charge in [-0.05, 0) is 50.6 Å². The predicted molar refractivity (Wildman–Crippen MR) is 110 cm³/mol. The quantitative estimate of drug-likeness (QED) is 0.738. The Kier molecular flexibility index (Phi) is 6.89.